The third kappa shape index (κ3) is 4.87. The highest BCUT2D eigenvalue weighted by atomic mass is 16.5. The first-order valence-electron chi connectivity index (χ1n) is 9.65. The quantitative estimate of drug-likeness (QED) is 0.613. The molecule has 0 aliphatic heterocycles. The lowest BCUT2D eigenvalue weighted by Crippen LogP contribution is -2.47. The molecule has 1 N–H and O–H groups in total. The Labute approximate surface area is 160 Å². The van der Waals surface area contributed by atoms with Crippen molar-refractivity contribution >= 4 is 11.9 Å². The van der Waals surface area contributed by atoms with Crippen molar-refractivity contribution in [2.75, 3.05) is 7.11 Å². The fourth-order valence-electron chi connectivity index (χ4n) is 3.56. The lowest BCUT2D eigenvalue weighted by atomic mass is 9.95. The Kier molecular flexibility index (Phi) is 7.39. The lowest BCUT2D eigenvalue weighted by molar-refractivity contribution is -0.144. The van der Waals surface area contributed by atoms with Crippen LogP contribution in [0.25, 0.3) is 0 Å². The molecule has 0 aromatic carbocycles. The summed E-state index contributed by atoms with van der Waals surface area (Å²) in [6.07, 6.45) is 7.73. The number of ether oxygens (including phenoxy) is 1. The molecule has 148 valence electrons. The lowest BCUT2D eigenvalue weighted by Gasteiger charge is -2.22. The molecule has 0 radical (unpaired) electrons. The molecule has 2 rings (SSSR count). The van der Waals surface area contributed by atoms with Gasteiger partial charge in [-0.05, 0) is 43.2 Å². The number of esters is 1. The number of aryl methyl sites for hydroxylation is 1. The number of methoxy groups -OCH3 is 1. The summed E-state index contributed by atoms with van der Waals surface area (Å²) >= 11 is 0. The van der Waals surface area contributed by atoms with E-state index >= 15 is 0 Å². The Morgan fingerprint density at radius 1 is 1.26 bits per heavy atom. The van der Waals surface area contributed by atoms with E-state index in [-0.39, 0.29) is 17.0 Å². The van der Waals surface area contributed by atoms with Gasteiger partial charge >= 0.3 is 5.97 Å². The number of rotatable bonds is 6. The first kappa shape index (κ1) is 20.9. The Bertz CT molecular complexity index is 764. The summed E-state index contributed by atoms with van der Waals surface area (Å²) in [6.45, 7) is 7.75. The van der Waals surface area contributed by atoms with Crippen LogP contribution in [-0.2, 0) is 28.9 Å². The number of carbonyl (C=O) groups is 2. The molecule has 1 aliphatic rings. The second-order valence-electron chi connectivity index (χ2n) is 7.37. The van der Waals surface area contributed by atoms with E-state index in [2.05, 4.69) is 11.9 Å². The predicted octanol–water partition coefficient (Wildman–Crippen LogP) is 2.62. The van der Waals surface area contributed by atoms with Crippen LogP contribution in [0.2, 0.25) is 0 Å². The van der Waals surface area contributed by atoms with E-state index in [9.17, 15) is 14.4 Å². The van der Waals surface area contributed by atoms with Gasteiger partial charge in [-0.25, -0.2) is 4.79 Å². The second-order valence-corrected chi connectivity index (χ2v) is 7.37. The number of allylic oxidation sites excluding steroid dienone is 1. The van der Waals surface area contributed by atoms with Crippen LogP contribution >= 0.6 is 0 Å². The van der Waals surface area contributed by atoms with Crippen LogP contribution in [0.1, 0.15) is 61.1 Å². The number of amides is 1. The van der Waals surface area contributed by atoms with Crippen molar-refractivity contribution < 1.29 is 14.3 Å². The third-order valence-corrected chi connectivity index (χ3v) is 5.06. The molecule has 1 aliphatic carbocycles. The molecule has 0 bridgehead atoms. The third-order valence-electron chi connectivity index (χ3n) is 5.06. The standard InChI is InChI=1S/C21H30N2O4/c1-5-12-23-17-11-9-7-6-8-10-15(17)13-16(20(23)25)19(24)22-18(14(2)3)21(26)27-4/h5,13-14,18H,1,6-12H2,2-4H3,(H,22,24). The van der Waals surface area contributed by atoms with Crippen LogP contribution in [-0.4, -0.2) is 29.6 Å². The molecule has 1 heterocycles. The Morgan fingerprint density at radius 3 is 2.52 bits per heavy atom. The van der Waals surface area contributed by atoms with Crippen LogP contribution in [0, 0.1) is 5.92 Å². The number of hydrogen-bond acceptors (Lipinski definition) is 4. The fourth-order valence-corrected chi connectivity index (χ4v) is 3.56. The molecule has 27 heavy (non-hydrogen) atoms. The van der Waals surface area contributed by atoms with E-state index in [4.69, 9.17) is 4.74 Å². The number of pyridine rings is 1. The summed E-state index contributed by atoms with van der Waals surface area (Å²) in [5.41, 5.74) is 1.79. The number of carbonyl (C=O) groups excluding carboxylic acids is 2. The van der Waals surface area contributed by atoms with Gasteiger partial charge in [-0.1, -0.05) is 32.8 Å². The second kappa shape index (κ2) is 9.53. The van der Waals surface area contributed by atoms with Crippen molar-refractivity contribution in [3.63, 3.8) is 0 Å². The van der Waals surface area contributed by atoms with Crippen molar-refractivity contribution in [3.8, 4) is 0 Å². The summed E-state index contributed by atoms with van der Waals surface area (Å²) in [5.74, 6) is -1.20. The van der Waals surface area contributed by atoms with Crippen LogP contribution in [0.3, 0.4) is 0 Å². The zero-order chi connectivity index (χ0) is 20.0. The molecule has 0 spiro atoms. The first-order chi connectivity index (χ1) is 12.9. The normalized spacial score (nSPS) is 15.3. The van der Waals surface area contributed by atoms with E-state index in [1.807, 2.05) is 13.8 Å². The zero-order valence-corrected chi connectivity index (χ0v) is 16.5. The van der Waals surface area contributed by atoms with Crippen LogP contribution in [0.15, 0.2) is 23.5 Å². The first-order valence-corrected chi connectivity index (χ1v) is 9.65. The molecule has 0 saturated carbocycles. The molecule has 6 nitrogen and oxygen atoms in total. The van der Waals surface area contributed by atoms with Crippen LogP contribution < -0.4 is 10.9 Å². The molecule has 1 unspecified atom stereocenters. The maximum absolute atomic E-state index is 13.0. The molecular weight excluding hydrogens is 344 g/mol. The number of fused-ring (bicyclic) bond motifs is 1. The summed E-state index contributed by atoms with van der Waals surface area (Å²) in [7, 11) is 1.28. The van der Waals surface area contributed by atoms with Gasteiger partial charge in [0.15, 0.2) is 0 Å². The highest BCUT2D eigenvalue weighted by Crippen LogP contribution is 2.20. The molecule has 1 aromatic rings. The van der Waals surface area contributed by atoms with E-state index in [1.165, 1.54) is 7.11 Å². The number of nitrogens with zero attached hydrogens (tertiary/aromatic N) is 1. The van der Waals surface area contributed by atoms with E-state index in [1.54, 1.807) is 16.7 Å². The summed E-state index contributed by atoms with van der Waals surface area (Å²) in [5, 5.41) is 2.68. The smallest absolute Gasteiger partial charge is 0.328 e. The Morgan fingerprint density at radius 2 is 1.93 bits per heavy atom. The summed E-state index contributed by atoms with van der Waals surface area (Å²) in [6, 6.07) is 0.920. The van der Waals surface area contributed by atoms with Crippen LogP contribution in [0.4, 0.5) is 0 Å². The Hall–Kier alpha value is -2.37. The maximum Gasteiger partial charge on any atom is 0.328 e. The van der Waals surface area contributed by atoms with Gasteiger partial charge in [0.2, 0.25) is 0 Å². The van der Waals surface area contributed by atoms with Gasteiger partial charge in [0.25, 0.3) is 11.5 Å². The number of aromatic nitrogens is 1. The molecule has 1 atom stereocenters. The number of hydrogen-bond donors (Lipinski definition) is 1. The summed E-state index contributed by atoms with van der Waals surface area (Å²) in [4.78, 5) is 37.8. The topological polar surface area (TPSA) is 77.4 Å². The monoisotopic (exact) mass is 374 g/mol. The molecular formula is C21H30N2O4. The molecule has 0 fully saturated rings. The highest BCUT2D eigenvalue weighted by molar-refractivity contribution is 5.96. The fraction of sp³-hybridized carbons (Fsp3) is 0.571. The van der Waals surface area contributed by atoms with E-state index in [0.717, 1.165) is 49.8 Å². The molecule has 1 amide bonds. The summed E-state index contributed by atoms with van der Waals surface area (Å²) < 4.78 is 6.43. The van der Waals surface area contributed by atoms with Crippen molar-refractivity contribution in [3.05, 3.63) is 45.9 Å². The molecule has 1 aromatic heterocycles. The van der Waals surface area contributed by atoms with Gasteiger partial charge in [-0.3, -0.25) is 9.59 Å². The van der Waals surface area contributed by atoms with Crippen LogP contribution in [0.5, 0.6) is 0 Å². The largest absolute Gasteiger partial charge is 0.467 e. The minimum absolute atomic E-state index is 0.0747. The van der Waals surface area contributed by atoms with Crippen molar-refractivity contribution in [2.24, 2.45) is 5.92 Å². The van der Waals surface area contributed by atoms with E-state index < -0.39 is 17.9 Å². The maximum atomic E-state index is 13.0. The zero-order valence-electron chi connectivity index (χ0n) is 16.5. The minimum atomic E-state index is -0.795. The molecule has 6 heteroatoms. The Balaban J connectivity index is 2.46. The van der Waals surface area contributed by atoms with Crippen molar-refractivity contribution in [2.45, 2.75) is 65.0 Å². The van der Waals surface area contributed by atoms with Gasteiger partial charge in [-0.2, -0.15) is 0 Å². The predicted molar refractivity (Wildman–Crippen MR) is 105 cm³/mol. The average molecular weight is 374 g/mol. The van der Waals surface area contributed by atoms with Gasteiger partial charge in [0.05, 0.1) is 7.11 Å². The van der Waals surface area contributed by atoms with Gasteiger partial charge in [0, 0.05) is 12.2 Å². The van der Waals surface area contributed by atoms with Crippen molar-refractivity contribution in [1.82, 2.24) is 9.88 Å². The minimum Gasteiger partial charge on any atom is -0.467 e. The highest BCUT2D eigenvalue weighted by Gasteiger charge is 2.27. The average Bonchev–Trinajstić information content (AvgIpc) is 2.62. The van der Waals surface area contributed by atoms with E-state index in [0.29, 0.717) is 6.54 Å². The number of nitrogens with one attached hydrogen (secondary N) is 1. The van der Waals surface area contributed by atoms with Gasteiger partial charge in [0.1, 0.15) is 11.6 Å². The van der Waals surface area contributed by atoms with Crippen molar-refractivity contribution in [1.29, 1.82) is 0 Å². The van der Waals surface area contributed by atoms with Gasteiger partial charge < -0.3 is 14.6 Å². The van der Waals surface area contributed by atoms with Gasteiger partial charge in [-0.15, -0.1) is 6.58 Å². The SMILES string of the molecule is C=CCn1c2c(cc(C(=O)NC(C(=O)OC)C(C)C)c1=O)CCCCCC2. The molecule has 0 saturated heterocycles.